The molecule has 0 atom stereocenters. The van der Waals surface area contributed by atoms with Gasteiger partial charge in [0.05, 0.1) is 5.69 Å². The SMILES string of the molecule is CCc1c(-c2ccccc2)nn(CC)c1O. The molecule has 16 heavy (non-hydrogen) atoms. The van der Waals surface area contributed by atoms with E-state index in [0.29, 0.717) is 12.4 Å². The summed E-state index contributed by atoms with van der Waals surface area (Å²) in [6, 6.07) is 9.97. The van der Waals surface area contributed by atoms with E-state index in [9.17, 15) is 5.11 Å². The molecule has 0 aliphatic heterocycles. The Kier molecular flexibility index (Phi) is 2.95. The molecule has 3 nitrogen and oxygen atoms in total. The Morgan fingerprint density at radius 3 is 2.44 bits per heavy atom. The smallest absolute Gasteiger partial charge is 0.213 e. The van der Waals surface area contributed by atoms with E-state index in [2.05, 4.69) is 5.10 Å². The number of aryl methyl sites for hydroxylation is 1. The first-order valence-electron chi connectivity index (χ1n) is 5.62. The maximum absolute atomic E-state index is 9.97. The van der Waals surface area contributed by atoms with Gasteiger partial charge in [0.25, 0.3) is 0 Å². The van der Waals surface area contributed by atoms with Crippen molar-refractivity contribution in [2.24, 2.45) is 0 Å². The van der Waals surface area contributed by atoms with Gasteiger partial charge in [-0.3, -0.25) is 0 Å². The van der Waals surface area contributed by atoms with E-state index in [1.165, 1.54) is 0 Å². The summed E-state index contributed by atoms with van der Waals surface area (Å²) in [5.74, 6) is 0.295. The molecule has 1 aromatic heterocycles. The van der Waals surface area contributed by atoms with Crippen LogP contribution in [0.5, 0.6) is 5.88 Å². The highest BCUT2D eigenvalue weighted by Crippen LogP contribution is 2.29. The molecular formula is C13H16N2O. The lowest BCUT2D eigenvalue weighted by molar-refractivity contribution is 0.401. The molecule has 84 valence electrons. The highest BCUT2D eigenvalue weighted by Gasteiger charge is 2.15. The van der Waals surface area contributed by atoms with Crippen molar-refractivity contribution < 1.29 is 5.11 Å². The van der Waals surface area contributed by atoms with Gasteiger partial charge in [-0.15, -0.1) is 0 Å². The van der Waals surface area contributed by atoms with Gasteiger partial charge in [-0.05, 0) is 13.3 Å². The van der Waals surface area contributed by atoms with Crippen LogP contribution in [0.1, 0.15) is 19.4 Å². The molecule has 0 aliphatic rings. The average Bonchev–Trinajstić information content (AvgIpc) is 2.66. The Bertz CT molecular complexity index is 474. The molecule has 3 heteroatoms. The van der Waals surface area contributed by atoms with E-state index in [1.54, 1.807) is 4.68 Å². The summed E-state index contributed by atoms with van der Waals surface area (Å²) in [6.07, 6.45) is 0.788. The van der Waals surface area contributed by atoms with Crippen molar-refractivity contribution >= 4 is 0 Å². The summed E-state index contributed by atoms with van der Waals surface area (Å²) in [7, 11) is 0. The van der Waals surface area contributed by atoms with Gasteiger partial charge in [0.15, 0.2) is 0 Å². The van der Waals surface area contributed by atoms with Crippen LogP contribution in [0.3, 0.4) is 0 Å². The second-order valence-corrected chi connectivity index (χ2v) is 3.69. The molecule has 0 saturated carbocycles. The minimum Gasteiger partial charge on any atom is -0.493 e. The van der Waals surface area contributed by atoms with Gasteiger partial charge in [-0.25, -0.2) is 4.68 Å². The van der Waals surface area contributed by atoms with Crippen LogP contribution in [0.4, 0.5) is 0 Å². The van der Waals surface area contributed by atoms with E-state index >= 15 is 0 Å². The summed E-state index contributed by atoms with van der Waals surface area (Å²) >= 11 is 0. The Labute approximate surface area is 95.3 Å². The number of hydrogen-bond donors (Lipinski definition) is 1. The zero-order valence-electron chi connectivity index (χ0n) is 9.64. The van der Waals surface area contributed by atoms with Crippen LogP contribution in [-0.2, 0) is 13.0 Å². The topological polar surface area (TPSA) is 38.0 Å². The Morgan fingerprint density at radius 2 is 1.88 bits per heavy atom. The molecular weight excluding hydrogens is 200 g/mol. The molecule has 0 radical (unpaired) electrons. The fourth-order valence-electron chi connectivity index (χ4n) is 1.86. The summed E-state index contributed by atoms with van der Waals surface area (Å²) < 4.78 is 1.64. The molecule has 1 aromatic carbocycles. The van der Waals surface area contributed by atoms with Crippen LogP contribution in [0, 0.1) is 0 Å². The van der Waals surface area contributed by atoms with E-state index in [1.807, 2.05) is 44.2 Å². The van der Waals surface area contributed by atoms with Crippen molar-refractivity contribution in [3.8, 4) is 17.1 Å². The lowest BCUT2D eigenvalue weighted by atomic mass is 10.1. The maximum Gasteiger partial charge on any atom is 0.213 e. The molecule has 0 amide bonds. The highest BCUT2D eigenvalue weighted by molar-refractivity contribution is 5.65. The molecule has 2 rings (SSSR count). The van der Waals surface area contributed by atoms with E-state index in [0.717, 1.165) is 23.2 Å². The fourth-order valence-corrected chi connectivity index (χ4v) is 1.86. The number of rotatable bonds is 3. The van der Waals surface area contributed by atoms with Gasteiger partial charge in [0, 0.05) is 17.7 Å². The minimum absolute atomic E-state index is 0.295. The Hall–Kier alpha value is -1.77. The standard InChI is InChI=1S/C13H16N2O/c1-3-11-12(10-8-6-5-7-9-10)14-15(4-2)13(11)16/h5-9,16H,3-4H2,1-2H3. The highest BCUT2D eigenvalue weighted by atomic mass is 16.3. The average molecular weight is 216 g/mol. The number of benzene rings is 1. The van der Waals surface area contributed by atoms with Crippen LogP contribution in [0.15, 0.2) is 30.3 Å². The zero-order chi connectivity index (χ0) is 11.5. The molecule has 0 saturated heterocycles. The third-order valence-corrected chi connectivity index (χ3v) is 2.72. The van der Waals surface area contributed by atoms with Gasteiger partial charge in [0.1, 0.15) is 0 Å². The molecule has 0 aliphatic carbocycles. The van der Waals surface area contributed by atoms with Crippen LogP contribution < -0.4 is 0 Å². The monoisotopic (exact) mass is 216 g/mol. The second kappa shape index (κ2) is 4.39. The minimum atomic E-state index is 0.295. The van der Waals surface area contributed by atoms with Crippen LogP contribution in [-0.4, -0.2) is 14.9 Å². The fraction of sp³-hybridized carbons (Fsp3) is 0.308. The molecule has 1 heterocycles. The normalized spacial score (nSPS) is 10.6. The van der Waals surface area contributed by atoms with Gasteiger partial charge in [-0.1, -0.05) is 37.3 Å². The number of aromatic hydroxyl groups is 1. The van der Waals surface area contributed by atoms with E-state index in [4.69, 9.17) is 0 Å². The Morgan fingerprint density at radius 1 is 1.19 bits per heavy atom. The predicted octanol–water partition coefficient (Wildman–Crippen LogP) is 2.84. The first-order chi connectivity index (χ1) is 7.77. The van der Waals surface area contributed by atoms with Gasteiger partial charge in [-0.2, -0.15) is 5.10 Å². The molecule has 0 bridgehead atoms. The second-order valence-electron chi connectivity index (χ2n) is 3.69. The lowest BCUT2D eigenvalue weighted by Gasteiger charge is -1.99. The van der Waals surface area contributed by atoms with Gasteiger partial charge < -0.3 is 5.11 Å². The number of aromatic nitrogens is 2. The molecule has 0 spiro atoms. The third-order valence-electron chi connectivity index (χ3n) is 2.72. The summed E-state index contributed by atoms with van der Waals surface area (Å²) in [4.78, 5) is 0. The van der Waals surface area contributed by atoms with Crippen LogP contribution >= 0.6 is 0 Å². The Balaban J connectivity index is 2.57. The summed E-state index contributed by atoms with van der Waals surface area (Å²) in [6.45, 7) is 4.69. The van der Waals surface area contributed by atoms with Crippen LogP contribution in [0.25, 0.3) is 11.3 Å². The van der Waals surface area contributed by atoms with Crippen molar-refractivity contribution in [1.29, 1.82) is 0 Å². The molecule has 0 fully saturated rings. The quantitative estimate of drug-likeness (QED) is 0.856. The van der Waals surface area contributed by atoms with Gasteiger partial charge in [0.2, 0.25) is 5.88 Å². The van der Waals surface area contributed by atoms with E-state index in [-0.39, 0.29) is 0 Å². The third kappa shape index (κ3) is 1.69. The molecule has 0 unspecified atom stereocenters. The lowest BCUT2D eigenvalue weighted by Crippen LogP contribution is -1.95. The first kappa shape index (κ1) is 10.7. The van der Waals surface area contributed by atoms with Crippen molar-refractivity contribution in [1.82, 2.24) is 9.78 Å². The molecule has 2 aromatic rings. The van der Waals surface area contributed by atoms with Crippen molar-refractivity contribution in [3.05, 3.63) is 35.9 Å². The summed E-state index contributed by atoms with van der Waals surface area (Å²) in [5, 5.41) is 14.4. The van der Waals surface area contributed by atoms with Crippen LogP contribution in [0.2, 0.25) is 0 Å². The van der Waals surface area contributed by atoms with Crippen molar-refractivity contribution in [3.63, 3.8) is 0 Å². The predicted molar refractivity (Wildman–Crippen MR) is 64.4 cm³/mol. The first-order valence-corrected chi connectivity index (χ1v) is 5.62. The van der Waals surface area contributed by atoms with Gasteiger partial charge >= 0.3 is 0 Å². The zero-order valence-corrected chi connectivity index (χ0v) is 9.64. The number of nitrogens with zero attached hydrogens (tertiary/aromatic N) is 2. The van der Waals surface area contributed by atoms with Crippen molar-refractivity contribution in [2.75, 3.05) is 0 Å². The summed E-state index contributed by atoms with van der Waals surface area (Å²) in [5.41, 5.74) is 2.87. The number of hydrogen-bond acceptors (Lipinski definition) is 2. The largest absolute Gasteiger partial charge is 0.493 e. The molecule has 1 N–H and O–H groups in total. The maximum atomic E-state index is 9.97. The van der Waals surface area contributed by atoms with E-state index < -0.39 is 0 Å². The van der Waals surface area contributed by atoms with Crippen molar-refractivity contribution in [2.45, 2.75) is 26.8 Å².